The molecule has 0 radical (unpaired) electrons. The van der Waals surface area contributed by atoms with Crippen LogP contribution in [-0.2, 0) is 23.8 Å². The molecule has 0 saturated heterocycles. The molecule has 0 aromatic heterocycles. The van der Waals surface area contributed by atoms with Crippen LogP contribution < -0.4 is 5.73 Å². The van der Waals surface area contributed by atoms with Gasteiger partial charge in [-0.25, -0.2) is 14.0 Å². The van der Waals surface area contributed by atoms with Gasteiger partial charge in [-0.05, 0) is 26.8 Å². The number of nitrogens with two attached hydrogens (primary N) is 1. The molecule has 0 saturated carbocycles. The Morgan fingerprint density at radius 2 is 1.68 bits per heavy atom. The van der Waals surface area contributed by atoms with E-state index in [9.17, 15) is 14.0 Å². The summed E-state index contributed by atoms with van der Waals surface area (Å²) in [5, 5.41) is 0. The lowest BCUT2D eigenvalue weighted by atomic mass is 9.82. The van der Waals surface area contributed by atoms with Gasteiger partial charge < -0.3 is 19.9 Å². The number of esters is 2. The highest BCUT2D eigenvalue weighted by Crippen LogP contribution is 2.41. The maximum Gasteiger partial charge on any atom is 0.340 e. The summed E-state index contributed by atoms with van der Waals surface area (Å²) in [4.78, 5) is 24.8. The Hall–Kier alpha value is -2.83. The fraction of sp³-hybridized carbons (Fsp3) is 0.333. The number of ether oxygens (including phenoxy) is 3. The summed E-state index contributed by atoms with van der Waals surface area (Å²) in [5.41, 5.74) is 5.87. The van der Waals surface area contributed by atoms with Gasteiger partial charge in [0.1, 0.15) is 17.1 Å². The van der Waals surface area contributed by atoms with E-state index < -0.39 is 23.7 Å². The quantitative estimate of drug-likeness (QED) is 0.822. The van der Waals surface area contributed by atoms with Crippen LogP contribution in [0.15, 0.2) is 47.1 Å². The van der Waals surface area contributed by atoms with E-state index in [2.05, 4.69) is 0 Å². The molecular formula is C18H20FNO5. The van der Waals surface area contributed by atoms with Crippen LogP contribution in [0.1, 0.15) is 32.3 Å². The summed E-state index contributed by atoms with van der Waals surface area (Å²) in [6.45, 7) is 5.00. The minimum atomic E-state index is -1.08. The summed E-state index contributed by atoms with van der Waals surface area (Å²) in [7, 11) is 0. The zero-order valence-electron chi connectivity index (χ0n) is 14.3. The van der Waals surface area contributed by atoms with E-state index in [4.69, 9.17) is 19.9 Å². The van der Waals surface area contributed by atoms with Crippen molar-refractivity contribution in [1.82, 2.24) is 0 Å². The lowest BCUT2D eigenvalue weighted by molar-refractivity contribution is -0.140. The number of hydrogen-bond acceptors (Lipinski definition) is 6. The highest BCUT2D eigenvalue weighted by Gasteiger charge is 2.41. The third-order valence-corrected chi connectivity index (χ3v) is 3.69. The van der Waals surface area contributed by atoms with Crippen LogP contribution in [0, 0.1) is 5.82 Å². The molecule has 0 spiro atoms. The second-order valence-corrected chi connectivity index (χ2v) is 5.25. The van der Waals surface area contributed by atoms with Gasteiger partial charge >= 0.3 is 11.9 Å². The first-order chi connectivity index (χ1) is 11.9. The van der Waals surface area contributed by atoms with Crippen LogP contribution in [0.25, 0.3) is 0 Å². The number of benzene rings is 1. The number of allylic oxidation sites excluding steroid dienone is 1. The van der Waals surface area contributed by atoms with Gasteiger partial charge in [-0.15, -0.1) is 0 Å². The van der Waals surface area contributed by atoms with Gasteiger partial charge in [0.25, 0.3) is 0 Å². The Labute approximate surface area is 145 Å². The standard InChI is InChI=1S/C18H20FNO5/c1-4-23-17(21)13-10(3)25-16(20)15(18(22)24-5-2)14(13)11-8-6-7-9-12(11)19/h6-9,14H,4-5,20H2,1-3H3/t14-/m1/s1. The van der Waals surface area contributed by atoms with Gasteiger partial charge in [-0.1, -0.05) is 18.2 Å². The topological polar surface area (TPSA) is 87.9 Å². The summed E-state index contributed by atoms with van der Waals surface area (Å²) in [6.07, 6.45) is 0. The minimum absolute atomic E-state index is 0.0178. The fourth-order valence-electron chi connectivity index (χ4n) is 2.68. The molecule has 1 aliphatic heterocycles. The lowest BCUT2D eigenvalue weighted by Gasteiger charge is -2.28. The molecule has 7 heteroatoms. The Balaban J connectivity index is 2.66. The summed E-state index contributed by atoms with van der Waals surface area (Å²) < 4.78 is 29.9. The van der Waals surface area contributed by atoms with E-state index in [1.54, 1.807) is 19.9 Å². The number of hydrogen-bond donors (Lipinski definition) is 1. The average molecular weight is 349 g/mol. The molecule has 1 aromatic carbocycles. The van der Waals surface area contributed by atoms with Crippen molar-refractivity contribution >= 4 is 11.9 Å². The zero-order valence-corrected chi connectivity index (χ0v) is 14.3. The predicted molar refractivity (Wildman–Crippen MR) is 87.4 cm³/mol. The van der Waals surface area contributed by atoms with Crippen LogP contribution in [-0.4, -0.2) is 25.2 Å². The van der Waals surface area contributed by atoms with E-state index in [0.29, 0.717) is 0 Å². The van der Waals surface area contributed by atoms with Crippen molar-refractivity contribution < 1.29 is 28.2 Å². The number of rotatable bonds is 5. The summed E-state index contributed by atoms with van der Waals surface area (Å²) in [6, 6.07) is 5.83. The normalized spacial score (nSPS) is 17.2. The van der Waals surface area contributed by atoms with Crippen molar-refractivity contribution in [3.8, 4) is 0 Å². The molecule has 1 atom stereocenters. The van der Waals surface area contributed by atoms with Crippen molar-refractivity contribution in [2.24, 2.45) is 5.73 Å². The van der Waals surface area contributed by atoms with E-state index in [-0.39, 0.29) is 41.6 Å². The van der Waals surface area contributed by atoms with E-state index in [1.807, 2.05) is 0 Å². The molecule has 0 unspecified atom stereocenters. The third kappa shape index (κ3) is 3.65. The molecule has 1 aromatic rings. The van der Waals surface area contributed by atoms with Gasteiger partial charge in [-0.3, -0.25) is 0 Å². The Morgan fingerprint density at radius 3 is 2.24 bits per heavy atom. The molecule has 134 valence electrons. The smallest absolute Gasteiger partial charge is 0.340 e. The molecule has 2 rings (SSSR count). The van der Waals surface area contributed by atoms with Gasteiger partial charge in [0.15, 0.2) is 0 Å². The van der Waals surface area contributed by atoms with Gasteiger partial charge in [0.05, 0.1) is 24.7 Å². The first-order valence-corrected chi connectivity index (χ1v) is 7.89. The highest BCUT2D eigenvalue weighted by molar-refractivity contribution is 5.99. The van der Waals surface area contributed by atoms with E-state index >= 15 is 0 Å². The van der Waals surface area contributed by atoms with E-state index in [1.165, 1.54) is 25.1 Å². The average Bonchev–Trinajstić information content (AvgIpc) is 2.54. The number of halogens is 1. The van der Waals surface area contributed by atoms with Gasteiger partial charge in [0, 0.05) is 5.56 Å². The van der Waals surface area contributed by atoms with Gasteiger partial charge in [-0.2, -0.15) is 0 Å². The van der Waals surface area contributed by atoms with E-state index in [0.717, 1.165) is 0 Å². The molecule has 0 aliphatic carbocycles. The molecule has 0 bridgehead atoms. The fourth-order valence-corrected chi connectivity index (χ4v) is 2.68. The van der Waals surface area contributed by atoms with Gasteiger partial charge in [0.2, 0.25) is 5.88 Å². The maximum absolute atomic E-state index is 14.4. The Morgan fingerprint density at radius 1 is 1.12 bits per heavy atom. The molecular weight excluding hydrogens is 329 g/mol. The number of carbonyl (C=O) groups is 2. The first-order valence-electron chi connectivity index (χ1n) is 7.89. The van der Waals surface area contributed by atoms with Crippen LogP contribution in [0.2, 0.25) is 0 Å². The van der Waals surface area contributed by atoms with Crippen molar-refractivity contribution in [2.45, 2.75) is 26.7 Å². The monoisotopic (exact) mass is 349 g/mol. The second kappa shape index (κ2) is 7.83. The summed E-state index contributed by atoms with van der Waals surface area (Å²) in [5.74, 6) is -3.22. The van der Waals surface area contributed by atoms with Crippen LogP contribution >= 0.6 is 0 Å². The molecule has 0 amide bonds. The minimum Gasteiger partial charge on any atom is -0.463 e. The molecule has 1 heterocycles. The Kier molecular flexibility index (Phi) is 5.80. The van der Waals surface area contributed by atoms with Crippen LogP contribution in [0.5, 0.6) is 0 Å². The SMILES string of the molecule is CCOC(=O)C1=C(C)OC(N)=C(C(=O)OCC)[C@@H]1c1ccccc1F. The van der Waals surface area contributed by atoms with Crippen molar-refractivity contribution in [1.29, 1.82) is 0 Å². The molecule has 6 nitrogen and oxygen atoms in total. The molecule has 25 heavy (non-hydrogen) atoms. The summed E-state index contributed by atoms with van der Waals surface area (Å²) >= 11 is 0. The van der Waals surface area contributed by atoms with Crippen molar-refractivity contribution in [3.05, 3.63) is 58.4 Å². The van der Waals surface area contributed by atoms with Crippen LogP contribution in [0.3, 0.4) is 0 Å². The molecule has 2 N–H and O–H groups in total. The number of carbonyl (C=O) groups excluding carboxylic acids is 2. The van der Waals surface area contributed by atoms with Crippen molar-refractivity contribution in [3.63, 3.8) is 0 Å². The second-order valence-electron chi connectivity index (χ2n) is 5.25. The third-order valence-electron chi connectivity index (χ3n) is 3.69. The predicted octanol–water partition coefficient (Wildman–Crippen LogP) is 2.51. The molecule has 0 fully saturated rings. The largest absolute Gasteiger partial charge is 0.463 e. The highest BCUT2D eigenvalue weighted by atomic mass is 19.1. The lowest BCUT2D eigenvalue weighted by Crippen LogP contribution is -2.30. The first kappa shape index (κ1) is 18.5. The Bertz CT molecular complexity index is 714. The van der Waals surface area contributed by atoms with Crippen molar-refractivity contribution in [2.75, 3.05) is 13.2 Å². The van der Waals surface area contributed by atoms with Crippen LogP contribution in [0.4, 0.5) is 4.39 Å². The zero-order chi connectivity index (χ0) is 18.6. The maximum atomic E-state index is 14.4. The molecule has 1 aliphatic rings.